The number of hydrogen-bond donors (Lipinski definition) is 3. The first-order valence-corrected chi connectivity index (χ1v) is 7.75. The number of hydrogen-bond acceptors (Lipinski definition) is 6. The summed E-state index contributed by atoms with van der Waals surface area (Å²) in [5.41, 5.74) is -0.218. The molecule has 3 N–H and O–H groups in total. The van der Waals surface area contributed by atoms with Crippen molar-refractivity contribution in [3.63, 3.8) is 0 Å². The van der Waals surface area contributed by atoms with Gasteiger partial charge in [0, 0.05) is 18.8 Å². The van der Waals surface area contributed by atoms with Crippen LogP contribution in [0.3, 0.4) is 0 Å². The molecular weight excluding hydrogens is 351 g/mol. The fourth-order valence-corrected chi connectivity index (χ4v) is 2.69. The fourth-order valence-electron chi connectivity index (χ4n) is 2.69. The Morgan fingerprint density at radius 3 is 2.92 bits per heavy atom. The van der Waals surface area contributed by atoms with E-state index in [2.05, 4.69) is 31.7 Å². The molecule has 7 nitrogen and oxygen atoms in total. The van der Waals surface area contributed by atoms with E-state index in [9.17, 15) is 13.2 Å². The van der Waals surface area contributed by atoms with E-state index in [4.69, 9.17) is 9.47 Å². The monoisotopic (exact) mass is 364 g/mol. The Labute approximate surface area is 145 Å². The number of H-pyrrole nitrogens is 1. The maximum Gasteiger partial charge on any atom is 0.418 e. The number of nitrogens with one attached hydrogen (secondary N) is 3. The Bertz CT molecular complexity index is 970. The molecule has 0 amide bonds. The number of nitrogens with zero attached hydrogens (tertiary/aromatic N) is 2. The lowest BCUT2D eigenvalue weighted by Gasteiger charge is -2.12. The molecule has 0 saturated carbocycles. The van der Waals surface area contributed by atoms with Crippen LogP contribution in [-0.2, 0) is 6.18 Å². The highest BCUT2D eigenvalue weighted by atomic mass is 19.4. The highest BCUT2D eigenvalue weighted by Crippen LogP contribution is 2.41. The van der Waals surface area contributed by atoms with Gasteiger partial charge in [0.05, 0.1) is 16.6 Å². The van der Waals surface area contributed by atoms with Crippen molar-refractivity contribution in [2.75, 3.05) is 24.0 Å². The summed E-state index contributed by atoms with van der Waals surface area (Å²) < 4.78 is 50.3. The molecule has 2 aromatic heterocycles. The Kier molecular flexibility index (Phi) is 3.74. The third-order valence-electron chi connectivity index (χ3n) is 3.75. The summed E-state index contributed by atoms with van der Waals surface area (Å²) in [7, 11) is 0. The van der Waals surface area contributed by atoms with Gasteiger partial charge in [-0.2, -0.15) is 23.1 Å². The number of aromatic amines is 1. The topological polar surface area (TPSA) is 84.1 Å². The van der Waals surface area contributed by atoms with Gasteiger partial charge in [-0.15, -0.1) is 0 Å². The lowest BCUT2D eigenvalue weighted by molar-refractivity contribution is -0.136. The minimum absolute atomic E-state index is 0.0681. The molecule has 0 fully saturated rings. The summed E-state index contributed by atoms with van der Waals surface area (Å²) in [6, 6.07) is 6.20. The van der Waals surface area contributed by atoms with Gasteiger partial charge in [0.2, 0.25) is 12.7 Å². The van der Waals surface area contributed by atoms with E-state index in [1.54, 1.807) is 19.1 Å². The summed E-state index contributed by atoms with van der Waals surface area (Å²) >= 11 is 0. The lowest BCUT2D eigenvalue weighted by Crippen LogP contribution is -2.08. The number of anilines is 3. The van der Waals surface area contributed by atoms with E-state index in [1.165, 1.54) is 0 Å². The van der Waals surface area contributed by atoms with E-state index < -0.39 is 11.7 Å². The Morgan fingerprint density at radius 2 is 2.15 bits per heavy atom. The van der Waals surface area contributed by atoms with Crippen molar-refractivity contribution in [3.05, 3.63) is 30.0 Å². The molecule has 0 unspecified atom stereocenters. The van der Waals surface area contributed by atoms with Gasteiger partial charge in [-0.3, -0.25) is 0 Å². The fraction of sp³-hybridized carbons (Fsp3) is 0.250. The van der Waals surface area contributed by atoms with Crippen LogP contribution in [0.5, 0.6) is 11.5 Å². The standard InChI is InChI=1S/C16H13F3N5O2/c1-2-20-13-11-8(16(17,18)19)6-21-14(11)24-15(23-13)22-9-4-3-5-10-12(9)26-7-25-10/h3-4,6H,2,7H2,1H3,(H3,20,21,22,23,24). The molecule has 1 aliphatic rings. The Balaban J connectivity index is 1.79. The first-order valence-electron chi connectivity index (χ1n) is 7.75. The molecule has 4 rings (SSSR count). The summed E-state index contributed by atoms with van der Waals surface area (Å²) in [6.45, 7) is 2.24. The van der Waals surface area contributed by atoms with E-state index >= 15 is 0 Å². The first-order chi connectivity index (χ1) is 12.5. The first kappa shape index (κ1) is 16.3. The van der Waals surface area contributed by atoms with Crippen LogP contribution in [0, 0.1) is 6.07 Å². The van der Waals surface area contributed by atoms with Crippen LogP contribution >= 0.6 is 0 Å². The molecule has 3 heterocycles. The molecular formula is C16H13F3N5O2. The number of alkyl halides is 3. The highest BCUT2D eigenvalue weighted by molar-refractivity contribution is 5.92. The van der Waals surface area contributed by atoms with Crippen LogP contribution < -0.4 is 20.1 Å². The zero-order chi connectivity index (χ0) is 18.3. The van der Waals surface area contributed by atoms with Crippen molar-refractivity contribution in [1.82, 2.24) is 15.0 Å². The van der Waals surface area contributed by atoms with Crippen LogP contribution in [0.25, 0.3) is 11.0 Å². The third kappa shape index (κ3) is 2.72. The summed E-state index contributed by atoms with van der Waals surface area (Å²) in [5.74, 6) is 1.10. The molecule has 1 aromatic carbocycles. The summed E-state index contributed by atoms with van der Waals surface area (Å²) in [4.78, 5) is 10.9. The minimum atomic E-state index is -4.51. The number of rotatable bonds is 4. The maximum absolute atomic E-state index is 13.2. The van der Waals surface area contributed by atoms with E-state index in [0.717, 1.165) is 6.20 Å². The second-order valence-corrected chi connectivity index (χ2v) is 5.43. The zero-order valence-electron chi connectivity index (χ0n) is 13.5. The maximum atomic E-state index is 13.2. The molecule has 0 bridgehead atoms. The quantitative estimate of drug-likeness (QED) is 0.655. The number of benzene rings is 1. The number of aromatic nitrogens is 3. The van der Waals surface area contributed by atoms with E-state index in [0.29, 0.717) is 23.7 Å². The van der Waals surface area contributed by atoms with Crippen LogP contribution in [0.1, 0.15) is 12.5 Å². The molecule has 135 valence electrons. The number of ether oxygens (including phenoxy) is 2. The number of fused-ring (bicyclic) bond motifs is 2. The molecule has 1 radical (unpaired) electrons. The molecule has 0 saturated heterocycles. The van der Waals surface area contributed by atoms with Crippen LogP contribution in [-0.4, -0.2) is 28.3 Å². The van der Waals surface area contributed by atoms with Gasteiger partial charge in [-0.1, -0.05) is 0 Å². The predicted molar refractivity (Wildman–Crippen MR) is 87.7 cm³/mol. The van der Waals surface area contributed by atoms with Crippen LogP contribution in [0.2, 0.25) is 0 Å². The van der Waals surface area contributed by atoms with Gasteiger partial charge in [-0.05, 0) is 19.1 Å². The van der Waals surface area contributed by atoms with Crippen molar-refractivity contribution in [3.8, 4) is 11.5 Å². The second kappa shape index (κ2) is 5.97. The molecule has 0 spiro atoms. The normalized spacial score (nSPS) is 13.2. The molecule has 0 atom stereocenters. The molecule has 3 aromatic rings. The average molecular weight is 364 g/mol. The van der Waals surface area contributed by atoms with Crippen molar-refractivity contribution in [2.45, 2.75) is 13.1 Å². The summed E-state index contributed by atoms with van der Waals surface area (Å²) in [6.07, 6.45) is -3.63. The minimum Gasteiger partial charge on any atom is -0.453 e. The largest absolute Gasteiger partial charge is 0.453 e. The average Bonchev–Trinajstić information content (AvgIpc) is 3.21. The van der Waals surface area contributed by atoms with Gasteiger partial charge in [0.15, 0.2) is 11.5 Å². The van der Waals surface area contributed by atoms with Crippen molar-refractivity contribution >= 4 is 28.5 Å². The van der Waals surface area contributed by atoms with Crippen LogP contribution in [0.4, 0.5) is 30.6 Å². The van der Waals surface area contributed by atoms with Gasteiger partial charge >= 0.3 is 6.18 Å². The summed E-state index contributed by atoms with van der Waals surface area (Å²) in [5, 5.41) is 5.71. The highest BCUT2D eigenvalue weighted by Gasteiger charge is 2.35. The molecule has 0 aliphatic carbocycles. The van der Waals surface area contributed by atoms with E-state index in [1.807, 2.05) is 0 Å². The zero-order valence-corrected chi connectivity index (χ0v) is 13.5. The predicted octanol–water partition coefficient (Wildman–Crippen LogP) is 3.68. The van der Waals surface area contributed by atoms with Gasteiger partial charge in [0.1, 0.15) is 11.5 Å². The lowest BCUT2D eigenvalue weighted by atomic mass is 10.2. The number of halogens is 3. The van der Waals surface area contributed by atoms with Crippen molar-refractivity contribution in [2.24, 2.45) is 0 Å². The Morgan fingerprint density at radius 1 is 1.31 bits per heavy atom. The SMILES string of the molecule is CCNc1nc(Nc2cc[c]c3c2OCO3)nc2[nH]cc(C(F)(F)F)c12. The smallest absolute Gasteiger partial charge is 0.418 e. The molecule has 1 aliphatic heterocycles. The van der Waals surface area contributed by atoms with Crippen molar-refractivity contribution < 1.29 is 22.6 Å². The third-order valence-corrected chi connectivity index (χ3v) is 3.75. The Hall–Kier alpha value is -3.17. The van der Waals surface area contributed by atoms with Gasteiger partial charge in [-0.25, -0.2) is 0 Å². The van der Waals surface area contributed by atoms with Gasteiger partial charge < -0.3 is 25.1 Å². The van der Waals surface area contributed by atoms with E-state index in [-0.39, 0.29) is 29.6 Å². The van der Waals surface area contributed by atoms with Crippen LogP contribution in [0.15, 0.2) is 18.3 Å². The van der Waals surface area contributed by atoms with Crippen molar-refractivity contribution in [1.29, 1.82) is 0 Å². The molecule has 26 heavy (non-hydrogen) atoms. The molecule has 10 heteroatoms. The second-order valence-electron chi connectivity index (χ2n) is 5.43. The van der Waals surface area contributed by atoms with Gasteiger partial charge in [0.25, 0.3) is 0 Å².